The molecule has 0 radical (unpaired) electrons. The topological polar surface area (TPSA) is 49.9 Å². The molecule has 0 atom stereocenters. The number of carbonyl (C=O) groups is 2. The number of rotatable bonds is 5. The molecule has 0 spiro atoms. The molecule has 0 aromatic heterocycles. The van der Waals surface area contributed by atoms with Crippen molar-refractivity contribution in [3.63, 3.8) is 0 Å². The third kappa shape index (κ3) is 4.07. The first-order chi connectivity index (χ1) is 14.9. The fraction of sp³-hybridized carbons (Fsp3) is 0.360. The van der Waals surface area contributed by atoms with E-state index in [0.29, 0.717) is 34.5 Å². The molecule has 2 aliphatic rings. The van der Waals surface area contributed by atoms with Gasteiger partial charge in [-0.3, -0.25) is 9.59 Å². The lowest BCUT2D eigenvalue weighted by Crippen LogP contribution is -2.38. The zero-order valence-corrected chi connectivity index (χ0v) is 18.9. The maximum absolute atomic E-state index is 13.6. The van der Waals surface area contributed by atoms with Crippen molar-refractivity contribution in [2.45, 2.75) is 33.6 Å². The Hall–Kier alpha value is -2.79. The van der Waals surface area contributed by atoms with E-state index in [4.69, 9.17) is 16.3 Å². The summed E-state index contributed by atoms with van der Waals surface area (Å²) in [5, 5.41) is 0.529. The molecule has 2 amide bonds. The maximum Gasteiger partial charge on any atom is 0.282 e. The van der Waals surface area contributed by atoms with Crippen LogP contribution in [0, 0.1) is 12.8 Å². The Morgan fingerprint density at radius 2 is 1.71 bits per heavy atom. The van der Waals surface area contributed by atoms with Crippen LogP contribution in [0.15, 0.2) is 48.2 Å². The average molecular weight is 439 g/mol. The van der Waals surface area contributed by atoms with Gasteiger partial charge in [-0.15, -0.1) is 0 Å². The van der Waals surface area contributed by atoms with Gasteiger partial charge in [-0.05, 0) is 68.0 Å². The highest BCUT2D eigenvalue weighted by Crippen LogP contribution is 2.37. The summed E-state index contributed by atoms with van der Waals surface area (Å²) in [5.74, 6) is 0.746. The first-order valence-electron chi connectivity index (χ1n) is 10.8. The second-order valence-corrected chi connectivity index (χ2v) is 8.64. The van der Waals surface area contributed by atoms with Crippen LogP contribution in [-0.4, -0.2) is 36.4 Å². The third-order valence-corrected chi connectivity index (χ3v) is 6.43. The molecule has 4 rings (SSSR count). The maximum atomic E-state index is 13.6. The van der Waals surface area contributed by atoms with Gasteiger partial charge in [-0.25, -0.2) is 4.90 Å². The number of benzene rings is 2. The van der Waals surface area contributed by atoms with Gasteiger partial charge in [0.15, 0.2) is 0 Å². The van der Waals surface area contributed by atoms with Crippen LogP contribution in [0.1, 0.15) is 37.8 Å². The minimum absolute atomic E-state index is 0.289. The molecule has 0 bridgehead atoms. The molecule has 0 saturated carbocycles. The van der Waals surface area contributed by atoms with E-state index in [2.05, 4.69) is 11.8 Å². The van der Waals surface area contributed by atoms with Gasteiger partial charge in [0.2, 0.25) is 0 Å². The van der Waals surface area contributed by atoms with E-state index in [1.54, 1.807) is 12.1 Å². The van der Waals surface area contributed by atoms with Crippen molar-refractivity contribution in [2.24, 2.45) is 5.92 Å². The number of piperidine rings is 1. The van der Waals surface area contributed by atoms with Gasteiger partial charge in [-0.2, -0.15) is 0 Å². The van der Waals surface area contributed by atoms with Crippen molar-refractivity contribution >= 4 is 34.7 Å². The zero-order valence-electron chi connectivity index (χ0n) is 18.2. The van der Waals surface area contributed by atoms with E-state index >= 15 is 0 Å². The molecule has 1 saturated heterocycles. The SMILES string of the molecule is CCOc1ccc(C2=C(N3CCC(C)CC3)C(=O)N(c3ccc(C)c(Cl)c3)C2=O)cc1. The van der Waals surface area contributed by atoms with E-state index in [9.17, 15) is 9.59 Å². The second kappa shape index (κ2) is 8.75. The van der Waals surface area contributed by atoms with E-state index in [1.165, 1.54) is 4.90 Å². The smallest absolute Gasteiger partial charge is 0.282 e. The molecule has 162 valence electrons. The first kappa shape index (κ1) is 21.4. The summed E-state index contributed by atoms with van der Waals surface area (Å²) in [6.07, 6.45) is 2.00. The van der Waals surface area contributed by atoms with Crippen molar-refractivity contribution in [3.05, 3.63) is 64.3 Å². The van der Waals surface area contributed by atoms with Crippen LogP contribution in [0.25, 0.3) is 5.57 Å². The highest BCUT2D eigenvalue weighted by Gasteiger charge is 2.43. The number of aryl methyl sites for hydroxylation is 1. The van der Waals surface area contributed by atoms with Crippen LogP contribution in [0.3, 0.4) is 0 Å². The zero-order chi connectivity index (χ0) is 22.1. The summed E-state index contributed by atoms with van der Waals surface area (Å²) in [6.45, 7) is 8.14. The molecule has 0 aliphatic carbocycles. The van der Waals surface area contributed by atoms with Gasteiger partial charge in [0, 0.05) is 18.1 Å². The van der Waals surface area contributed by atoms with E-state index in [1.807, 2.05) is 44.2 Å². The minimum atomic E-state index is -0.317. The van der Waals surface area contributed by atoms with Gasteiger partial charge in [0.1, 0.15) is 11.4 Å². The highest BCUT2D eigenvalue weighted by atomic mass is 35.5. The van der Waals surface area contributed by atoms with Gasteiger partial charge >= 0.3 is 0 Å². The van der Waals surface area contributed by atoms with Crippen LogP contribution in [0.2, 0.25) is 5.02 Å². The summed E-state index contributed by atoms with van der Waals surface area (Å²) in [6, 6.07) is 12.7. The van der Waals surface area contributed by atoms with Crippen molar-refractivity contribution in [1.82, 2.24) is 4.90 Å². The Morgan fingerprint density at radius 1 is 1.03 bits per heavy atom. The number of anilines is 1. The van der Waals surface area contributed by atoms with Crippen molar-refractivity contribution < 1.29 is 14.3 Å². The van der Waals surface area contributed by atoms with Crippen LogP contribution in [-0.2, 0) is 9.59 Å². The summed E-state index contributed by atoms with van der Waals surface area (Å²) in [5.41, 5.74) is 3.04. The molecular weight excluding hydrogens is 412 g/mol. The number of likely N-dealkylation sites (tertiary alicyclic amines) is 1. The molecule has 5 nitrogen and oxygen atoms in total. The fourth-order valence-electron chi connectivity index (χ4n) is 4.14. The predicted molar refractivity (Wildman–Crippen MR) is 123 cm³/mol. The van der Waals surface area contributed by atoms with E-state index in [0.717, 1.165) is 42.8 Å². The van der Waals surface area contributed by atoms with Crippen molar-refractivity contribution in [2.75, 3.05) is 24.6 Å². The number of hydrogen-bond donors (Lipinski definition) is 0. The Bertz CT molecular complexity index is 1040. The quantitative estimate of drug-likeness (QED) is 0.612. The molecule has 2 aromatic carbocycles. The number of halogens is 1. The van der Waals surface area contributed by atoms with Gasteiger partial charge in [-0.1, -0.05) is 36.7 Å². The summed E-state index contributed by atoms with van der Waals surface area (Å²) >= 11 is 6.30. The molecule has 1 fully saturated rings. The lowest BCUT2D eigenvalue weighted by molar-refractivity contribution is -0.120. The van der Waals surface area contributed by atoms with Crippen molar-refractivity contribution in [3.8, 4) is 5.75 Å². The summed E-state index contributed by atoms with van der Waals surface area (Å²) < 4.78 is 5.54. The van der Waals surface area contributed by atoms with Gasteiger partial charge in [0.05, 0.1) is 17.9 Å². The monoisotopic (exact) mass is 438 g/mol. The van der Waals surface area contributed by atoms with Crippen LogP contribution >= 0.6 is 11.6 Å². The minimum Gasteiger partial charge on any atom is -0.494 e. The molecule has 6 heteroatoms. The van der Waals surface area contributed by atoms with Crippen LogP contribution in [0.4, 0.5) is 5.69 Å². The average Bonchev–Trinajstić information content (AvgIpc) is 3.02. The molecule has 0 N–H and O–H groups in total. The molecule has 2 aromatic rings. The fourth-order valence-corrected chi connectivity index (χ4v) is 4.32. The third-order valence-electron chi connectivity index (χ3n) is 6.03. The van der Waals surface area contributed by atoms with Crippen LogP contribution < -0.4 is 9.64 Å². The number of nitrogens with zero attached hydrogens (tertiary/aromatic N) is 2. The van der Waals surface area contributed by atoms with E-state index < -0.39 is 0 Å². The Kier molecular flexibility index (Phi) is 6.05. The number of imide groups is 1. The number of ether oxygens (including phenoxy) is 1. The lowest BCUT2D eigenvalue weighted by Gasteiger charge is -2.32. The molecule has 31 heavy (non-hydrogen) atoms. The van der Waals surface area contributed by atoms with Crippen molar-refractivity contribution in [1.29, 1.82) is 0 Å². The first-order valence-corrected chi connectivity index (χ1v) is 11.2. The number of carbonyl (C=O) groups excluding carboxylic acids is 2. The lowest BCUT2D eigenvalue weighted by atomic mass is 9.97. The molecule has 2 aliphatic heterocycles. The molecule has 0 unspecified atom stereocenters. The summed E-state index contributed by atoms with van der Waals surface area (Å²) in [4.78, 5) is 30.5. The second-order valence-electron chi connectivity index (χ2n) is 8.23. The standard InChI is InChI=1S/C25H27ClN2O3/c1-4-31-20-9-6-18(7-10-20)22-23(27-13-11-16(2)12-14-27)25(30)28(24(22)29)19-8-5-17(3)21(26)15-19/h5-10,15-16H,4,11-14H2,1-3H3. The van der Waals surface area contributed by atoms with Gasteiger partial charge in [0.25, 0.3) is 11.8 Å². The predicted octanol–water partition coefficient (Wildman–Crippen LogP) is 5.06. The van der Waals surface area contributed by atoms with Crippen LogP contribution in [0.5, 0.6) is 5.75 Å². The van der Waals surface area contributed by atoms with Gasteiger partial charge < -0.3 is 9.64 Å². The van der Waals surface area contributed by atoms with E-state index in [-0.39, 0.29) is 11.8 Å². The summed E-state index contributed by atoms with van der Waals surface area (Å²) in [7, 11) is 0. The largest absolute Gasteiger partial charge is 0.494 e. The molecular formula is C25H27ClN2O3. The molecule has 2 heterocycles. The normalized spacial score (nSPS) is 17.7. The Balaban J connectivity index is 1.78. The Morgan fingerprint density at radius 3 is 2.32 bits per heavy atom. The number of amides is 2. The Labute approximate surface area is 188 Å². The number of hydrogen-bond acceptors (Lipinski definition) is 4. The highest BCUT2D eigenvalue weighted by molar-refractivity contribution is 6.45.